The number of esters is 1. The molecule has 222 valence electrons. The summed E-state index contributed by atoms with van der Waals surface area (Å²) in [6, 6.07) is 23.1. The van der Waals surface area contributed by atoms with Crippen LogP contribution in [0.4, 0.5) is 5.69 Å². The molecule has 7 atom stereocenters. The molecule has 2 saturated carbocycles. The normalized spacial score (nSPS) is 26.2. The lowest BCUT2D eigenvalue weighted by molar-refractivity contribution is -0.123. The molecule has 1 saturated heterocycles. The van der Waals surface area contributed by atoms with E-state index in [0.717, 1.165) is 12.0 Å². The van der Waals surface area contributed by atoms with Crippen LogP contribution in [-0.4, -0.2) is 44.3 Å². The van der Waals surface area contributed by atoms with Gasteiger partial charge in [0.2, 0.25) is 17.6 Å². The molecule has 9 heteroatoms. The van der Waals surface area contributed by atoms with Crippen molar-refractivity contribution in [3.8, 4) is 11.3 Å². The quantitative estimate of drug-likeness (QED) is 0.0932. The molecule has 7 nitrogen and oxygen atoms in total. The molecule has 2 amide bonds. The number of fused-ring (bicyclic) bond motifs is 6. The molecule has 0 N–H and O–H groups in total. The third-order valence-electron chi connectivity index (χ3n) is 9.38. The number of imide groups is 1. The number of carbonyl (C=O) groups excluding carboxylic acids is 4. The molecule has 3 fully saturated rings. The molecule has 2 heterocycles. The van der Waals surface area contributed by atoms with Gasteiger partial charge in [-0.05, 0) is 55.9 Å². The largest absolute Gasteiger partial charge is 0.451 e. The summed E-state index contributed by atoms with van der Waals surface area (Å²) in [5.74, 6) is -1.47. The molecule has 0 spiro atoms. The van der Waals surface area contributed by atoms with Crippen molar-refractivity contribution in [1.82, 2.24) is 4.98 Å². The summed E-state index contributed by atoms with van der Waals surface area (Å²) < 4.78 is 5.67. The van der Waals surface area contributed by atoms with Gasteiger partial charge in [-0.2, -0.15) is 0 Å². The fourth-order valence-corrected chi connectivity index (χ4v) is 9.08. The van der Waals surface area contributed by atoms with Crippen LogP contribution >= 0.6 is 31.9 Å². The number of para-hydroxylation sites is 1. The first kappa shape index (κ1) is 29.0. The average molecular weight is 716 g/mol. The third-order valence-corrected chi connectivity index (χ3v) is 12.6. The van der Waals surface area contributed by atoms with Crippen LogP contribution in [0.2, 0.25) is 0 Å². The van der Waals surface area contributed by atoms with E-state index in [1.807, 2.05) is 43.3 Å². The lowest BCUT2D eigenvalue weighted by Crippen LogP contribution is -2.37. The van der Waals surface area contributed by atoms with Crippen LogP contribution < -0.4 is 4.90 Å². The molecule has 1 aromatic heterocycles. The summed E-state index contributed by atoms with van der Waals surface area (Å²) in [7, 11) is 0. The number of Topliss-reactive ketones (excluding diaryl/α,β-unsaturated/α-hetero) is 1. The standard InChI is InChI=1S/C35H28Br2N2O5/c1-17-7-6-10-22-23(35(43)44-18(2)32(40)20-8-4-3-5-9-20)16-26(38-31(17)22)19-11-13-21(14-12-19)39-33(41)27-24-15-25(28(27)34(39)42)30(37)29(24)36/h3-14,16,18,24-25,27-30H,15H2,1-2H3. The van der Waals surface area contributed by atoms with Gasteiger partial charge in [-0.15, -0.1) is 0 Å². The number of hydrogen-bond donors (Lipinski definition) is 0. The maximum absolute atomic E-state index is 13.5. The molecule has 3 aromatic carbocycles. The summed E-state index contributed by atoms with van der Waals surface area (Å²) in [4.78, 5) is 60.0. The molecule has 4 aromatic rings. The molecule has 2 bridgehead atoms. The van der Waals surface area contributed by atoms with E-state index in [2.05, 4.69) is 31.9 Å². The second-order valence-corrected chi connectivity index (χ2v) is 14.0. The minimum Gasteiger partial charge on any atom is -0.451 e. The number of pyridine rings is 1. The van der Waals surface area contributed by atoms with Gasteiger partial charge in [-0.3, -0.25) is 19.3 Å². The van der Waals surface area contributed by atoms with Crippen LogP contribution in [0.1, 0.15) is 39.6 Å². The number of halogens is 2. The SMILES string of the molecule is Cc1cccc2c(C(=O)OC(C)C(=O)c3ccccc3)cc(-c3ccc(N4C(=O)C5C6CC(C(Br)C6Br)C5C4=O)cc3)nc12. The Kier molecular flexibility index (Phi) is 7.28. The Morgan fingerprint density at radius 3 is 2.16 bits per heavy atom. The Labute approximate surface area is 271 Å². The predicted octanol–water partition coefficient (Wildman–Crippen LogP) is 6.92. The van der Waals surface area contributed by atoms with E-state index < -0.39 is 12.1 Å². The highest BCUT2D eigenvalue weighted by Crippen LogP contribution is 2.60. The van der Waals surface area contributed by atoms with Crippen molar-refractivity contribution in [2.45, 2.75) is 36.0 Å². The second kappa shape index (κ2) is 11.0. The fraction of sp³-hybridized carbons (Fsp3) is 0.286. The number of aryl methyl sites for hydroxylation is 1. The molecule has 1 aliphatic heterocycles. The van der Waals surface area contributed by atoms with Crippen molar-refractivity contribution in [3.63, 3.8) is 0 Å². The number of ether oxygens (including phenoxy) is 1. The smallest absolute Gasteiger partial charge is 0.339 e. The maximum atomic E-state index is 13.5. The fourth-order valence-electron chi connectivity index (χ4n) is 7.21. The highest BCUT2D eigenvalue weighted by Gasteiger charge is 2.66. The monoisotopic (exact) mass is 714 g/mol. The number of aromatic nitrogens is 1. The van der Waals surface area contributed by atoms with Gasteiger partial charge in [0.1, 0.15) is 0 Å². The lowest BCUT2D eigenvalue weighted by atomic mass is 9.81. The van der Waals surface area contributed by atoms with E-state index >= 15 is 0 Å². The van der Waals surface area contributed by atoms with Crippen LogP contribution in [-0.2, 0) is 14.3 Å². The minimum absolute atomic E-state index is 0.132. The number of hydrogen-bond acceptors (Lipinski definition) is 6. The van der Waals surface area contributed by atoms with Gasteiger partial charge in [0.15, 0.2) is 6.10 Å². The zero-order chi connectivity index (χ0) is 30.9. The molecule has 44 heavy (non-hydrogen) atoms. The highest BCUT2D eigenvalue weighted by molar-refractivity contribution is 9.12. The van der Waals surface area contributed by atoms with Crippen LogP contribution in [0.3, 0.4) is 0 Å². The van der Waals surface area contributed by atoms with Crippen molar-refractivity contribution in [2.75, 3.05) is 4.90 Å². The van der Waals surface area contributed by atoms with Crippen LogP contribution in [0, 0.1) is 30.6 Å². The number of carbonyl (C=O) groups is 4. The van der Waals surface area contributed by atoms with E-state index in [4.69, 9.17) is 9.72 Å². The molecule has 7 unspecified atom stereocenters. The van der Waals surface area contributed by atoms with E-state index in [-0.39, 0.29) is 50.9 Å². The average Bonchev–Trinajstić information content (AvgIpc) is 3.65. The van der Waals surface area contributed by atoms with Gasteiger partial charge in [0.25, 0.3) is 0 Å². The first-order valence-electron chi connectivity index (χ1n) is 14.6. The first-order valence-corrected chi connectivity index (χ1v) is 16.5. The molecule has 2 aliphatic carbocycles. The Morgan fingerprint density at radius 2 is 1.52 bits per heavy atom. The van der Waals surface area contributed by atoms with E-state index in [0.29, 0.717) is 39.0 Å². The minimum atomic E-state index is -0.981. The van der Waals surface area contributed by atoms with Crippen molar-refractivity contribution in [1.29, 1.82) is 0 Å². The summed E-state index contributed by atoms with van der Waals surface area (Å²) in [6.45, 7) is 3.49. The van der Waals surface area contributed by atoms with Crippen molar-refractivity contribution in [2.24, 2.45) is 23.7 Å². The summed E-state index contributed by atoms with van der Waals surface area (Å²) in [6.07, 6.45) is -0.104. The molecular formula is C35H28Br2N2O5. The van der Waals surface area contributed by atoms with Crippen LogP contribution in [0.15, 0.2) is 78.9 Å². The number of ketones is 1. The number of nitrogens with zero attached hydrogens (tertiary/aromatic N) is 2. The zero-order valence-corrected chi connectivity index (χ0v) is 27.1. The van der Waals surface area contributed by atoms with Gasteiger partial charge < -0.3 is 4.74 Å². The zero-order valence-electron chi connectivity index (χ0n) is 23.9. The Balaban J connectivity index is 1.19. The summed E-state index contributed by atoms with van der Waals surface area (Å²) >= 11 is 7.48. The van der Waals surface area contributed by atoms with Gasteiger partial charge in [-0.25, -0.2) is 9.78 Å². The second-order valence-electron chi connectivity index (χ2n) is 11.9. The Morgan fingerprint density at radius 1 is 0.886 bits per heavy atom. The van der Waals surface area contributed by atoms with Gasteiger partial charge >= 0.3 is 5.97 Å². The number of anilines is 1. The third kappa shape index (κ3) is 4.55. The summed E-state index contributed by atoms with van der Waals surface area (Å²) in [5, 5.41) is 0.624. The van der Waals surface area contributed by atoms with Crippen LogP contribution in [0.25, 0.3) is 22.2 Å². The number of rotatable bonds is 6. The molecule has 7 rings (SSSR count). The van der Waals surface area contributed by atoms with Gasteiger partial charge in [0, 0.05) is 26.2 Å². The number of alkyl halides is 2. The molecular weight excluding hydrogens is 688 g/mol. The molecule has 3 aliphatic rings. The maximum Gasteiger partial charge on any atom is 0.339 e. The van der Waals surface area contributed by atoms with E-state index in [1.54, 1.807) is 49.4 Å². The van der Waals surface area contributed by atoms with E-state index in [1.165, 1.54) is 4.90 Å². The lowest BCUT2D eigenvalue weighted by Gasteiger charge is -2.28. The Bertz CT molecular complexity index is 1810. The van der Waals surface area contributed by atoms with Crippen molar-refractivity contribution >= 4 is 72.0 Å². The highest BCUT2D eigenvalue weighted by atomic mass is 79.9. The van der Waals surface area contributed by atoms with Crippen LogP contribution in [0.5, 0.6) is 0 Å². The first-order chi connectivity index (χ1) is 21.2. The molecule has 0 radical (unpaired) electrons. The number of amides is 2. The van der Waals surface area contributed by atoms with E-state index in [9.17, 15) is 19.2 Å². The number of benzene rings is 3. The van der Waals surface area contributed by atoms with Gasteiger partial charge in [-0.1, -0.05) is 92.5 Å². The van der Waals surface area contributed by atoms with Crippen molar-refractivity contribution < 1.29 is 23.9 Å². The van der Waals surface area contributed by atoms with Gasteiger partial charge in [0.05, 0.1) is 34.3 Å². The van der Waals surface area contributed by atoms with Crippen molar-refractivity contribution in [3.05, 3.63) is 95.6 Å². The Hall–Kier alpha value is -3.69. The predicted molar refractivity (Wildman–Crippen MR) is 174 cm³/mol. The topological polar surface area (TPSA) is 93.6 Å². The summed E-state index contributed by atoms with van der Waals surface area (Å²) in [5.41, 5.74) is 4.06.